The second-order valence-corrected chi connectivity index (χ2v) is 5.27. The standard InChI is InChI=1S/C9H13N3OS2/c1-2-10-9-11-5-7(15-9)8(13)12-3-4-14-6-12/h5H,2-4,6H2,1H3,(H,10,11). The van der Waals surface area contributed by atoms with Crippen molar-refractivity contribution in [2.24, 2.45) is 0 Å². The summed E-state index contributed by atoms with van der Waals surface area (Å²) in [6, 6.07) is 0. The van der Waals surface area contributed by atoms with Crippen molar-refractivity contribution in [2.75, 3.05) is 30.0 Å². The van der Waals surface area contributed by atoms with E-state index in [4.69, 9.17) is 0 Å². The molecule has 1 aliphatic heterocycles. The molecule has 1 fully saturated rings. The fourth-order valence-electron chi connectivity index (χ4n) is 1.34. The molecule has 82 valence electrons. The van der Waals surface area contributed by atoms with E-state index in [2.05, 4.69) is 10.3 Å². The summed E-state index contributed by atoms with van der Waals surface area (Å²) >= 11 is 3.23. The Hall–Kier alpha value is -0.750. The van der Waals surface area contributed by atoms with Crippen molar-refractivity contribution in [3.8, 4) is 0 Å². The second-order valence-electron chi connectivity index (χ2n) is 3.17. The molecule has 0 unspecified atom stereocenters. The molecule has 1 N–H and O–H groups in total. The minimum atomic E-state index is 0.113. The number of anilines is 1. The number of thiazole rings is 1. The summed E-state index contributed by atoms with van der Waals surface area (Å²) in [4.78, 5) is 18.7. The largest absolute Gasteiger partial charge is 0.362 e. The van der Waals surface area contributed by atoms with Gasteiger partial charge in [0, 0.05) is 18.8 Å². The minimum Gasteiger partial charge on any atom is -0.362 e. The van der Waals surface area contributed by atoms with E-state index in [0.717, 1.165) is 34.7 Å². The molecule has 1 aromatic rings. The van der Waals surface area contributed by atoms with Gasteiger partial charge in [0.25, 0.3) is 5.91 Å². The summed E-state index contributed by atoms with van der Waals surface area (Å²) in [6.07, 6.45) is 1.66. The number of thioether (sulfide) groups is 1. The number of amides is 1. The monoisotopic (exact) mass is 243 g/mol. The predicted molar refractivity (Wildman–Crippen MR) is 64.6 cm³/mol. The van der Waals surface area contributed by atoms with E-state index >= 15 is 0 Å². The highest BCUT2D eigenvalue weighted by molar-refractivity contribution is 7.99. The lowest BCUT2D eigenvalue weighted by molar-refractivity contribution is 0.0807. The lowest BCUT2D eigenvalue weighted by Crippen LogP contribution is -2.26. The van der Waals surface area contributed by atoms with Crippen LogP contribution < -0.4 is 5.32 Å². The van der Waals surface area contributed by atoms with E-state index in [1.807, 2.05) is 11.8 Å². The van der Waals surface area contributed by atoms with Crippen molar-refractivity contribution in [2.45, 2.75) is 6.92 Å². The van der Waals surface area contributed by atoms with Gasteiger partial charge >= 0.3 is 0 Å². The Labute approximate surface area is 97.1 Å². The summed E-state index contributed by atoms with van der Waals surface area (Å²) in [5, 5.41) is 3.93. The van der Waals surface area contributed by atoms with Crippen LogP contribution in [0.15, 0.2) is 6.20 Å². The second kappa shape index (κ2) is 4.85. The van der Waals surface area contributed by atoms with Gasteiger partial charge in [-0.1, -0.05) is 11.3 Å². The first-order valence-corrected chi connectivity index (χ1v) is 6.85. The Morgan fingerprint density at radius 3 is 3.27 bits per heavy atom. The van der Waals surface area contributed by atoms with Gasteiger partial charge in [0.15, 0.2) is 5.13 Å². The third-order valence-corrected chi connectivity index (χ3v) is 3.99. The Morgan fingerprint density at radius 2 is 2.60 bits per heavy atom. The molecule has 0 saturated carbocycles. The van der Waals surface area contributed by atoms with Crippen molar-refractivity contribution in [3.63, 3.8) is 0 Å². The number of carbonyl (C=O) groups is 1. The molecule has 1 aliphatic rings. The van der Waals surface area contributed by atoms with Crippen molar-refractivity contribution in [3.05, 3.63) is 11.1 Å². The van der Waals surface area contributed by atoms with Gasteiger partial charge in [0.2, 0.25) is 0 Å². The van der Waals surface area contributed by atoms with Crippen LogP contribution in [0.5, 0.6) is 0 Å². The fraction of sp³-hybridized carbons (Fsp3) is 0.556. The topological polar surface area (TPSA) is 45.2 Å². The number of aromatic nitrogens is 1. The van der Waals surface area contributed by atoms with Crippen LogP contribution >= 0.6 is 23.1 Å². The van der Waals surface area contributed by atoms with Crippen molar-refractivity contribution in [1.82, 2.24) is 9.88 Å². The first kappa shape index (κ1) is 10.8. The van der Waals surface area contributed by atoms with Crippen LogP contribution in [-0.4, -0.2) is 40.5 Å². The van der Waals surface area contributed by atoms with Crippen LogP contribution in [0.1, 0.15) is 16.6 Å². The maximum Gasteiger partial charge on any atom is 0.266 e. The molecule has 1 amide bonds. The number of nitrogens with zero attached hydrogens (tertiary/aromatic N) is 2. The quantitative estimate of drug-likeness (QED) is 0.878. The molecule has 0 atom stereocenters. The summed E-state index contributed by atoms with van der Waals surface area (Å²) < 4.78 is 0. The lowest BCUT2D eigenvalue weighted by Gasteiger charge is -2.11. The SMILES string of the molecule is CCNc1ncc(C(=O)N2CCSC2)s1. The van der Waals surface area contributed by atoms with Crippen LogP contribution in [0, 0.1) is 0 Å². The molecule has 2 heterocycles. The highest BCUT2D eigenvalue weighted by atomic mass is 32.2. The van der Waals surface area contributed by atoms with Gasteiger partial charge in [-0.2, -0.15) is 0 Å². The van der Waals surface area contributed by atoms with E-state index in [1.165, 1.54) is 11.3 Å². The molecule has 0 aromatic carbocycles. The van der Waals surface area contributed by atoms with Crippen LogP contribution in [0.4, 0.5) is 5.13 Å². The molecule has 0 bridgehead atoms. The predicted octanol–water partition coefficient (Wildman–Crippen LogP) is 1.72. The number of carbonyl (C=O) groups excluding carboxylic acids is 1. The van der Waals surface area contributed by atoms with Gasteiger partial charge in [0.1, 0.15) is 4.88 Å². The Balaban J connectivity index is 2.04. The van der Waals surface area contributed by atoms with Crippen LogP contribution in [-0.2, 0) is 0 Å². The molecular formula is C9H13N3OS2. The lowest BCUT2D eigenvalue weighted by atomic mass is 10.4. The Kier molecular flexibility index (Phi) is 3.48. The van der Waals surface area contributed by atoms with Crippen molar-refractivity contribution >= 4 is 34.1 Å². The third kappa shape index (κ3) is 2.43. The number of nitrogens with one attached hydrogen (secondary N) is 1. The first-order valence-electron chi connectivity index (χ1n) is 4.88. The van der Waals surface area contributed by atoms with Gasteiger partial charge in [-0.05, 0) is 6.92 Å². The Bertz CT molecular complexity index is 347. The zero-order valence-electron chi connectivity index (χ0n) is 8.52. The van der Waals surface area contributed by atoms with E-state index in [9.17, 15) is 4.79 Å². The van der Waals surface area contributed by atoms with Gasteiger partial charge < -0.3 is 10.2 Å². The summed E-state index contributed by atoms with van der Waals surface area (Å²) in [5.74, 6) is 1.97. The van der Waals surface area contributed by atoms with E-state index < -0.39 is 0 Å². The summed E-state index contributed by atoms with van der Waals surface area (Å²) in [5.41, 5.74) is 0. The van der Waals surface area contributed by atoms with E-state index in [-0.39, 0.29) is 5.91 Å². The maximum atomic E-state index is 11.9. The average molecular weight is 243 g/mol. The van der Waals surface area contributed by atoms with Crippen LogP contribution in [0.25, 0.3) is 0 Å². The zero-order valence-corrected chi connectivity index (χ0v) is 10.2. The van der Waals surface area contributed by atoms with E-state index in [0.29, 0.717) is 0 Å². The van der Waals surface area contributed by atoms with Crippen molar-refractivity contribution in [1.29, 1.82) is 0 Å². The molecular weight excluding hydrogens is 230 g/mol. The normalized spacial score (nSPS) is 15.7. The molecule has 1 aromatic heterocycles. The molecule has 0 aliphatic carbocycles. The molecule has 6 heteroatoms. The first-order chi connectivity index (χ1) is 7.31. The zero-order chi connectivity index (χ0) is 10.7. The summed E-state index contributed by atoms with van der Waals surface area (Å²) in [6.45, 7) is 3.71. The maximum absolute atomic E-state index is 11.9. The molecule has 4 nitrogen and oxygen atoms in total. The number of rotatable bonds is 3. The van der Waals surface area contributed by atoms with E-state index in [1.54, 1.807) is 18.0 Å². The molecule has 0 spiro atoms. The third-order valence-electron chi connectivity index (χ3n) is 2.08. The highest BCUT2D eigenvalue weighted by Gasteiger charge is 2.21. The van der Waals surface area contributed by atoms with Crippen molar-refractivity contribution < 1.29 is 4.79 Å². The van der Waals surface area contributed by atoms with Crippen LogP contribution in [0.3, 0.4) is 0 Å². The minimum absolute atomic E-state index is 0.113. The molecule has 1 saturated heterocycles. The highest BCUT2D eigenvalue weighted by Crippen LogP contribution is 2.22. The Morgan fingerprint density at radius 1 is 1.73 bits per heavy atom. The smallest absolute Gasteiger partial charge is 0.266 e. The fourth-order valence-corrected chi connectivity index (χ4v) is 3.13. The van der Waals surface area contributed by atoms with Crippen LogP contribution in [0.2, 0.25) is 0 Å². The average Bonchev–Trinajstić information content (AvgIpc) is 2.87. The summed E-state index contributed by atoms with van der Waals surface area (Å²) in [7, 11) is 0. The van der Waals surface area contributed by atoms with Gasteiger partial charge in [-0.25, -0.2) is 4.98 Å². The molecule has 0 radical (unpaired) electrons. The van der Waals surface area contributed by atoms with Gasteiger partial charge in [-0.15, -0.1) is 11.8 Å². The number of hydrogen-bond acceptors (Lipinski definition) is 5. The van der Waals surface area contributed by atoms with Gasteiger partial charge in [-0.3, -0.25) is 4.79 Å². The number of hydrogen-bond donors (Lipinski definition) is 1. The van der Waals surface area contributed by atoms with Gasteiger partial charge in [0.05, 0.1) is 12.1 Å². The molecule has 15 heavy (non-hydrogen) atoms. The molecule has 2 rings (SSSR count).